The third-order valence-corrected chi connectivity index (χ3v) is 6.46. The molecule has 0 saturated heterocycles. The van der Waals surface area contributed by atoms with Crippen LogP contribution in [0.1, 0.15) is 48.0 Å². The average molecular weight is 403 g/mol. The van der Waals surface area contributed by atoms with Gasteiger partial charge in [0.2, 0.25) is 10.0 Å². The van der Waals surface area contributed by atoms with E-state index in [4.69, 9.17) is 4.74 Å². The van der Waals surface area contributed by atoms with Gasteiger partial charge in [0.15, 0.2) is 0 Å². The van der Waals surface area contributed by atoms with Crippen molar-refractivity contribution >= 4 is 21.6 Å². The number of carbonyl (C=O) groups excluding carboxylic acids is 1. The Morgan fingerprint density at radius 3 is 2.50 bits per heavy atom. The maximum absolute atomic E-state index is 12.9. The van der Waals surface area contributed by atoms with E-state index in [1.807, 2.05) is 25.1 Å². The first-order valence-electron chi connectivity index (χ1n) is 9.47. The van der Waals surface area contributed by atoms with E-state index in [1.165, 1.54) is 19.2 Å². The highest BCUT2D eigenvalue weighted by Gasteiger charge is 2.26. The summed E-state index contributed by atoms with van der Waals surface area (Å²) in [7, 11) is -2.38. The lowest BCUT2D eigenvalue weighted by atomic mass is 9.96. The highest BCUT2D eigenvalue weighted by molar-refractivity contribution is 7.89. The number of anilines is 1. The van der Waals surface area contributed by atoms with Gasteiger partial charge in [0.05, 0.1) is 7.11 Å². The zero-order chi connectivity index (χ0) is 20.1. The molecular formula is C21H26N2O4S. The normalized spacial score (nSPS) is 15.2. The standard InChI is InChI=1S/C21H26N2O4S/c1-15-7-6-10-18(13-15)22-21(24)16-11-12-19(27-2)20(14-16)28(25,26)23-17-8-4-3-5-9-17/h6-7,10-14,17,23H,3-5,8-9H2,1-2H3,(H,22,24). The van der Waals surface area contributed by atoms with Gasteiger partial charge in [0.25, 0.3) is 5.91 Å². The highest BCUT2D eigenvalue weighted by atomic mass is 32.2. The van der Waals surface area contributed by atoms with E-state index in [0.717, 1.165) is 37.7 Å². The number of benzene rings is 2. The van der Waals surface area contributed by atoms with Crippen LogP contribution in [-0.4, -0.2) is 27.5 Å². The second-order valence-corrected chi connectivity index (χ2v) is 8.83. The summed E-state index contributed by atoms with van der Waals surface area (Å²) in [4.78, 5) is 12.6. The topological polar surface area (TPSA) is 84.5 Å². The molecule has 28 heavy (non-hydrogen) atoms. The molecule has 150 valence electrons. The van der Waals surface area contributed by atoms with E-state index >= 15 is 0 Å². The van der Waals surface area contributed by atoms with Crippen LogP contribution in [0.5, 0.6) is 5.75 Å². The van der Waals surface area contributed by atoms with Crippen molar-refractivity contribution in [3.8, 4) is 5.75 Å². The molecule has 0 unspecified atom stereocenters. The summed E-state index contributed by atoms with van der Waals surface area (Å²) in [6.07, 6.45) is 4.83. The Hall–Kier alpha value is -2.38. The van der Waals surface area contributed by atoms with Crippen molar-refractivity contribution in [2.75, 3.05) is 12.4 Å². The molecule has 0 spiro atoms. The molecule has 0 atom stereocenters. The van der Waals surface area contributed by atoms with Crippen LogP contribution in [0.3, 0.4) is 0 Å². The summed E-state index contributed by atoms with van der Waals surface area (Å²) in [6.45, 7) is 1.94. The van der Waals surface area contributed by atoms with E-state index in [9.17, 15) is 13.2 Å². The third-order valence-electron chi connectivity index (χ3n) is 4.92. The molecule has 0 heterocycles. The van der Waals surface area contributed by atoms with Gasteiger partial charge in [0.1, 0.15) is 10.6 Å². The molecule has 2 aromatic carbocycles. The average Bonchev–Trinajstić information content (AvgIpc) is 2.68. The van der Waals surface area contributed by atoms with Crippen LogP contribution in [0.25, 0.3) is 0 Å². The summed E-state index contributed by atoms with van der Waals surface area (Å²) in [5.41, 5.74) is 1.93. The van der Waals surface area contributed by atoms with Gasteiger partial charge in [-0.05, 0) is 55.7 Å². The first kappa shape index (κ1) is 20.4. The predicted octanol–water partition coefficient (Wildman–Crippen LogP) is 3.87. The van der Waals surface area contributed by atoms with E-state index in [2.05, 4.69) is 10.0 Å². The molecule has 6 nitrogen and oxygen atoms in total. The maximum atomic E-state index is 12.9. The van der Waals surface area contributed by atoms with Crippen LogP contribution in [0.4, 0.5) is 5.69 Å². The number of amides is 1. The molecule has 1 saturated carbocycles. The molecule has 1 aliphatic rings. The van der Waals surface area contributed by atoms with Gasteiger partial charge < -0.3 is 10.1 Å². The summed E-state index contributed by atoms with van der Waals surface area (Å²) >= 11 is 0. The van der Waals surface area contributed by atoms with Gasteiger partial charge in [-0.15, -0.1) is 0 Å². The van der Waals surface area contributed by atoms with Crippen LogP contribution in [0.15, 0.2) is 47.4 Å². The fourth-order valence-electron chi connectivity index (χ4n) is 3.46. The number of ether oxygens (including phenoxy) is 1. The molecule has 0 aliphatic heterocycles. The number of hydrogen-bond donors (Lipinski definition) is 2. The smallest absolute Gasteiger partial charge is 0.255 e. The van der Waals surface area contributed by atoms with E-state index in [0.29, 0.717) is 5.69 Å². The van der Waals surface area contributed by atoms with Crippen LogP contribution in [0.2, 0.25) is 0 Å². The zero-order valence-corrected chi connectivity index (χ0v) is 17.0. The first-order valence-corrected chi connectivity index (χ1v) is 11.0. The number of hydrogen-bond acceptors (Lipinski definition) is 4. The third kappa shape index (κ3) is 4.91. The molecule has 1 fully saturated rings. The van der Waals surface area contributed by atoms with Gasteiger partial charge in [-0.1, -0.05) is 31.4 Å². The quantitative estimate of drug-likeness (QED) is 0.768. The summed E-state index contributed by atoms with van der Waals surface area (Å²) in [5.74, 6) is -0.155. The summed E-state index contributed by atoms with van der Waals surface area (Å²) < 4.78 is 33.9. The van der Waals surface area contributed by atoms with Gasteiger partial charge in [-0.2, -0.15) is 0 Å². The van der Waals surface area contributed by atoms with E-state index < -0.39 is 10.0 Å². The number of sulfonamides is 1. The van der Waals surface area contributed by atoms with Crippen molar-refractivity contribution in [1.82, 2.24) is 4.72 Å². The van der Waals surface area contributed by atoms with Gasteiger partial charge >= 0.3 is 0 Å². The molecule has 0 radical (unpaired) electrons. The second kappa shape index (κ2) is 8.75. The molecule has 0 bridgehead atoms. The van der Waals surface area contributed by atoms with Crippen molar-refractivity contribution < 1.29 is 17.9 Å². The second-order valence-electron chi connectivity index (χ2n) is 7.15. The Balaban J connectivity index is 1.85. The molecule has 0 aromatic heterocycles. The van der Waals surface area contributed by atoms with Crippen molar-refractivity contribution in [2.45, 2.75) is 50.0 Å². The van der Waals surface area contributed by atoms with Crippen LogP contribution in [-0.2, 0) is 10.0 Å². The van der Waals surface area contributed by atoms with Crippen molar-refractivity contribution in [3.63, 3.8) is 0 Å². The SMILES string of the molecule is COc1ccc(C(=O)Nc2cccc(C)c2)cc1S(=O)(=O)NC1CCCCC1. The Labute approximate surface area is 166 Å². The zero-order valence-electron chi connectivity index (χ0n) is 16.2. The fraction of sp³-hybridized carbons (Fsp3) is 0.381. The molecule has 2 N–H and O–H groups in total. The number of nitrogens with one attached hydrogen (secondary N) is 2. The lowest BCUT2D eigenvalue weighted by Gasteiger charge is -2.23. The van der Waals surface area contributed by atoms with Crippen molar-refractivity contribution in [3.05, 3.63) is 53.6 Å². The number of aryl methyl sites for hydroxylation is 1. The Morgan fingerprint density at radius 1 is 1.07 bits per heavy atom. The Kier molecular flexibility index (Phi) is 6.36. The van der Waals surface area contributed by atoms with Gasteiger partial charge in [0, 0.05) is 17.3 Å². The molecular weight excluding hydrogens is 376 g/mol. The van der Waals surface area contributed by atoms with Crippen molar-refractivity contribution in [2.24, 2.45) is 0 Å². The molecule has 1 amide bonds. The lowest BCUT2D eigenvalue weighted by molar-refractivity contribution is 0.102. The van der Waals surface area contributed by atoms with Crippen LogP contribution < -0.4 is 14.8 Å². The first-order chi connectivity index (χ1) is 13.4. The Bertz CT molecular complexity index is 951. The van der Waals surface area contributed by atoms with Crippen LogP contribution in [0, 0.1) is 6.92 Å². The van der Waals surface area contributed by atoms with E-state index in [1.54, 1.807) is 12.1 Å². The molecule has 1 aliphatic carbocycles. The summed E-state index contributed by atoms with van der Waals surface area (Å²) in [6, 6.07) is 11.8. The minimum atomic E-state index is -3.79. The maximum Gasteiger partial charge on any atom is 0.255 e. The predicted molar refractivity (Wildman–Crippen MR) is 109 cm³/mol. The molecule has 3 rings (SSSR count). The monoisotopic (exact) mass is 402 g/mol. The minimum absolute atomic E-state index is 0.0162. The van der Waals surface area contributed by atoms with Crippen molar-refractivity contribution in [1.29, 1.82) is 0 Å². The summed E-state index contributed by atoms with van der Waals surface area (Å²) in [5, 5.41) is 2.80. The fourth-order valence-corrected chi connectivity index (χ4v) is 4.96. The highest BCUT2D eigenvalue weighted by Crippen LogP contribution is 2.27. The number of rotatable bonds is 6. The van der Waals surface area contributed by atoms with E-state index in [-0.39, 0.29) is 28.2 Å². The van der Waals surface area contributed by atoms with Crippen LogP contribution >= 0.6 is 0 Å². The number of methoxy groups -OCH3 is 1. The molecule has 7 heteroatoms. The lowest BCUT2D eigenvalue weighted by Crippen LogP contribution is -2.36. The largest absolute Gasteiger partial charge is 0.495 e. The van der Waals surface area contributed by atoms with Gasteiger partial charge in [-0.3, -0.25) is 4.79 Å². The Morgan fingerprint density at radius 2 is 1.82 bits per heavy atom. The molecule has 2 aromatic rings. The van der Waals surface area contributed by atoms with Gasteiger partial charge in [-0.25, -0.2) is 13.1 Å². The number of carbonyl (C=O) groups is 1. The minimum Gasteiger partial charge on any atom is -0.495 e.